The normalized spacial score (nSPS) is 18.7. The fraction of sp³-hybridized carbons (Fsp3) is 0.360. The van der Waals surface area contributed by atoms with Crippen LogP contribution in [0.1, 0.15) is 27.6 Å². The third-order valence-corrected chi connectivity index (χ3v) is 6.51. The molecule has 0 radical (unpaired) electrons. The SMILES string of the molecule is CC(C(=O)Nc1ccc2c(c1)OCC(=O)N2CCN1CCOCC1)N1C(=O)c2ccccc2C1=O. The van der Waals surface area contributed by atoms with Crippen molar-refractivity contribution in [2.75, 3.05) is 56.2 Å². The zero-order valence-electron chi connectivity index (χ0n) is 19.4. The molecular weight excluding hydrogens is 452 g/mol. The molecule has 1 N–H and O–H groups in total. The number of anilines is 2. The first-order valence-electron chi connectivity index (χ1n) is 11.6. The summed E-state index contributed by atoms with van der Waals surface area (Å²) in [4.78, 5) is 55.7. The Bertz CT molecular complexity index is 1160. The molecule has 1 unspecified atom stereocenters. The number of hydrogen-bond acceptors (Lipinski definition) is 7. The van der Waals surface area contributed by atoms with E-state index in [1.807, 2.05) is 0 Å². The highest BCUT2D eigenvalue weighted by Gasteiger charge is 2.40. The van der Waals surface area contributed by atoms with Gasteiger partial charge in [-0.3, -0.25) is 29.0 Å². The molecule has 3 aliphatic rings. The Morgan fingerprint density at radius 3 is 2.37 bits per heavy atom. The highest BCUT2D eigenvalue weighted by Crippen LogP contribution is 2.35. The average molecular weight is 479 g/mol. The van der Waals surface area contributed by atoms with Crippen molar-refractivity contribution < 1.29 is 28.7 Å². The lowest BCUT2D eigenvalue weighted by atomic mass is 10.1. The predicted octanol–water partition coefficient (Wildman–Crippen LogP) is 1.37. The first-order valence-corrected chi connectivity index (χ1v) is 11.6. The van der Waals surface area contributed by atoms with Crippen LogP contribution in [0, 0.1) is 0 Å². The number of imide groups is 1. The van der Waals surface area contributed by atoms with Crippen LogP contribution in [0.3, 0.4) is 0 Å². The van der Waals surface area contributed by atoms with E-state index in [0.29, 0.717) is 48.0 Å². The van der Waals surface area contributed by atoms with Gasteiger partial charge in [-0.2, -0.15) is 0 Å². The zero-order chi connectivity index (χ0) is 24.5. The van der Waals surface area contributed by atoms with Crippen molar-refractivity contribution in [1.29, 1.82) is 0 Å². The number of rotatable bonds is 6. The second-order valence-corrected chi connectivity index (χ2v) is 8.66. The summed E-state index contributed by atoms with van der Waals surface area (Å²) in [5.41, 5.74) is 1.67. The largest absolute Gasteiger partial charge is 0.481 e. The van der Waals surface area contributed by atoms with Crippen molar-refractivity contribution in [3.63, 3.8) is 0 Å². The molecule has 3 aliphatic heterocycles. The number of nitrogens with one attached hydrogen (secondary N) is 1. The number of carbonyl (C=O) groups excluding carboxylic acids is 4. The van der Waals surface area contributed by atoms with Crippen LogP contribution in [0.4, 0.5) is 11.4 Å². The van der Waals surface area contributed by atoms with E-state index >= 15 is 0 Å². The minimum Gasteiger partial charge on any atom is -0.481 e. The second kappa shape index (κ2) is 9.47. The lowest BCUT2D eigenvalue weighted by molar-refractivity contribution is -0.121. The Morgan fingerprint density at radius 2 is 1.69 bits per heavy atom. The summed E-state index contributed by atoms with van der Waals surface area (Å²) >= 11 is 0. The van der Waals surface area contributed by atoms with Crippen LogP contribution < -0.4 is 15.0 Å². The van der Waals surface area contributed by atoms with E-state index in [0.717, 1.165) is 24.5 Å². The predicted molar refractivity (Wildman–Crippen MR) is 127 cm³/mol. The monoisotopic (exact) mass is 478 g/mol. The summed E-state index contributed by atoms with van der Waals surface area (Å²) in [5, 5.41) is 2.76. The number of benzene rings is 2. The molecule has 3 heterocycles. The van der Waals surface area contributed by atoms with E-state index < -0.39 is 23.8 Å². The minimum atomic E-state index is -1.01. The first-order chi connectivity index (χ1) is 16.9. The fourth-order valence-corrected chi connectivity index (χ4v) is 4.52. The third-order valence-electron chi connectivity index (χ3n) is 6.51. The van der Waals surface area contributed by atoms with E-state index in [4.69, 9.17) is 9.47 Å². The van der Waals surface area contributed by atoms with Crippen molar-refractivity contribution in [3.8, 4) is 5.75 Å². The van der Waals surface area contributed by atoms with E-state index in [1.54, 1.807) is 47.4 Å². The van der Waals surface area contributed by atoms with Crippen molar-refractivity contribution in [3.05, 3.63) is 53.6 Å². The zero-order valence-corrected chi connectivity index (χ0v) is 19.4. The lowest BCUT2D eigenvalue weighted by Crippen LogP contribution is -2.46. The van der Waals surface area contributed by atoms with Gasteiger partial charge in [0.2, 0.25) is 5.91 Å². The molecule has 0 aromatic heterocycles. The molecule has 1 saturated heterocycles. The number of hydrogen-bond donors (Lipinski definition) is 1. The summed E-state index contributed by atoms with van der Waals surface area (Å²) < 4.78 is 11.0. The number of nitrogens with zero attached hydrogens (tertiary/aromatic N) is 3. The van der Waals surface area contributed by atoms with Crippen molar-refractivity contribution >= 4 is 35.0 Å². The molecular formula is C25H26N4O6. The van der Waals surface area contributed by atoms with Gasteiger partial charge in [-0.15, -0.1) is 0 Å². The van der Waals surface area contributed by atoms with Gasteiger partial charge < -0.3 is 19.7 Å². The molecule has 0 saturated carbocycles. The van der Waals surface area contributed by atoms with Crippen molar-refractivity contribution in [2.24, 2.45) is 0 Å². The number of amides is 4. The van der Waals surface area contributed by atoms with Crippen molar-refractivity contribution in [2.45, 2.75) is 13.0 Å². The van der Waals surface area contributed by atoms with Gasteiger partial charge in [-0.05, 0) is 31.2 Å². The summed E-state index contributed by atoms with van der Waals surface area (Å²) in [6, 6.07) is 10.6. The summed E-state index contributed by atoms with van der Waals surface area (Å²) in [7, 11) is 0. The van der Waals surface area contributed by atoms with Gasteiger partial charge >= 0.3 is 0 Å². The molecule has 0 spiro atoms. The average Bonchev–Trinajstić information content (AvgIpc) is 3.13. The lowest BCUT2D eigenvalue weighted by Gasteiger charge is -2.33. The third kappa shape index (κ3) is 4.38. The molecule has 5 rings (SSSR count). The molecule has 10 nitrogen and oxygen atoms in total. The first kappa shape index (κ1) is 23.0. The summed E-state index contributed by atoms with van der Waals surface area (Å²) in [6.45, 7) is 5.73. The molecule has 1 fully saturated rings. The van der Waals surface area contributed by atoms with Gasteiger partial charge in [-0.25, -0.2) is 0 Å². The van der Waals surface area contributed by atoms with E-state index in [9.17, 15) is 19.2 Å². The maximum atomic E-state index is 12.9. The van der Waals surface area contributed by atoms with Crippen LogP contribution in [-0.4, -0.2) is 85.5 Å². The molecule has 35 heavy (non-hydrogen) atoms. The standard InChI is InChI=1S/C25H26N4O6/c1-16(29-24(32)18-4-2-3-5-19(18)25(29)33)23(31)26-17-6-7-20-21(14-17)35-15-22(30)28(20)9-8-27-10-12-34-13-11-27/h2-7,14,16H,8-13,15H2,1H3,(H,26,31). The molecule has 0 bridgehead atoms. The fourth-order valence-electron chi connectivity index (χ4n) is 4.52. The van der Waals surface area contributed by atoms with Gasteiger partial charge in [0.05, 0.1) is 30.0 Å². The van der Waals surface area contributed by atoms with Gasteiger partial charge in [0.15, 0.2) is 6.61 Å². The van der Waals surface area contributed by atoms with Gasteiger partial charge in [0, 0.05) is 37.9 Å². The molecule has 2 aromatic carbocycles. The minimum absolute atomic E-state index is 0.0844. The Hall–Kier alpha value is -3.76. The molecule has 10 heteroatoms. The molecule has 182 valence electrons. The topological polar surface area (TPSA) is 108 Å². The van der Waals surface area contributed by atoms with E-state index in [1.165, 1.54) is 6.92 Å². The van der Waals surface area contributed by atoms with Crippen LogP contribution in [0.25, 0.3) is 0 Å². The number of carbonyl (C=O) groups is 4. The molecule has 2 aromatic rings. The number of ether oxygens (including phenoxy) is 2. The van der Waals surface area contributed by atoms with Crippen LogP contribution >= 0.6 is 0 Å². The molecule has 0 aliphatic carbocycles. The molecule has 4 amide bonds. The number of morpholine rings is 1. The highest BCUT2D eigenvalue weighted by molar-refractivity contribution is 6.23. The summed E-state index contributed by atoms with van der Waals surface area (Å²) in [5.74, 6) is -1.12. The van der Waals surface area contributed by atoms with Crippen LogP contribution in [-0.2, 0) is 14.3 Å². The highest BCUT2D eigenvalue weighted by atomic mass is 16.5. The second-order valence-electron chi connectivity index (χ2n) is 8.66. The van der Waals surface area contributed by atoms with Crippen LogP contribution in [0.5, 0.6) is 5.75 Å². The Morgan fingerprint density at radius 1 is 1.00 bits per heavy atom. The van der Waals surface area contributed by atoms with Gasteiger partial charge in [0.25, 0.3) is 17.7 Å². The Labute approximate surface area is 202 Å². The van der Waals surface area contributed by atoms with Gasteiger partial charge in [-0.1, -0.05) is 12.1 Å². The maximum absolute atomic E-state index is 12.9. The van der Waals surface area contributed by atoms with E-state index in [2.05, 4.69) is 10.2 Å². The maximum Gasteiger partial charge on any atom is 0.265 e. The van der Waals surface area contributed by atoms with E-state index in [-0.39, 0.29) is 12.5 Å². The van der Waals surface area contributed by atoms with Gasteiger partial charge in [0.1, 0.15) is 11.8 Å². The summed E-state index contributed by atoms with van der Waals surface area (Å²) in [6.07, 6.45) is 0. The van der Waals surface area contributed by atoms with Crippen LogP contribution in [0.2, 0.25) is 0 Å². The smallest absolute Gasteiger partial charge is 0.265 e. The molecule has 1 atom stereocenters. The Balaban J connectivity index is 1.27. The quantitative estimate of drug-likeness (QED) is 0.625. The Kier molecular flexibility index (Phi) is 6.23. The number of fused-ring (bicyclic) bond motifs is 2. The van der Waals surface area contributed by atoms with Crippen LogP contribution in [0.15, 0.2) is 42.5 Å². The van der Waals surface area contributed by atoms with Crippen molar-refractivity contribution in [1.82, 2.24) is 9.80 Å².